The van der Waals surface area contributed by atoms with E-state index in [9.17, 15) is 19.0 Å². The Labute approximate surface area is 301 Å². The summed E-state index contributed by atoms with van der Waals surface area (Å²) in [6.45, 7) is 2.19. The highest BCUT2D eigenvalue weighted by Gasteiger charge is 2.27. The molecule has 0 saturated heterocycles. The Morgan fingerprint density at radius 1 is 0.673 bits per heavy atom. The quantitative estimate of drug-likeness (QED) is 0.0299. The maximum absolute atomic E-state index is 12.6. The fourth-order valence-electron chi connectivity index (χ4n) is 6.10. The van der Waals surface area contributed by atoms with E-state index < -0.39 is 26.5 Å². The van der Waals surface area contributed by atoms with Crippen LogP contribution in [0, 0.1) is 5.92 Å². The van der Waals surface area contributed by atoms with Crippen LogP contribution in [0.25, 0.3) is 0 Å². The third-order valence-electron chi connectivity index (χ3n) is 9.62. The number of quaternary nitrogens is 1. The smallest absolute Gasteiger partial charge is 0.462 e. The second-order valence-electron chi connectivity index (χ2n) is 15.6. The highest BCUT2D eigenvalue weighted by molar-refractivity contribution is 7.47. The highest BCUT2D eigenvalue weighted by atomic mass is 31.2. The van der Waals surface area contributed by atoms with Gasteiger partial charge in [-0.2, -0.15) is 0 Å². The van der Waals surface area contributed by atoms with Crippen LogP contribution in [-0.2, 0) is 32.7 Å². The van der Waals surface area contributed by atoms with Gasteiger partial charge in [0.1, 0.15) is 19.8 Å². The normalized spacial score (nSPS) is 15.4. The summed E-state index contributed by atoms with van der Waals surface area (Å²) in [7, 11) is 1.49. The average Bonchev–Trinajstić information content (AvgIpc) is 3.01. The summed E-state index contributed by atoms with van der Waals surface area (Å²) in [5.74, 6) is 0.228. The summed E-state index contributed by atoms with van der Waals surface area (Å²) in [5, 5.41) is 0. The van der Waals surface area contributed by atoms with E-state index in [1.807, 2.05) is 21.1 Å². The maximum atomic E-state index is 12.6. The van der Waals surface area contributed by atoms with E-state index in [0.717, 1.165) is 44.4 Å². The van der Waals surface area contributed by atoms with E-state index >= 15 is 0 Å². The third-order valence-corrected chi connectivity index (χ3v) is 10.6. The van der Waals surface area contributed by atoms with Crippen LogP contribution in [0.3, 0.4) is 0 Å². The highest BCUT2D eigenvalue weighted by Crippen LogP contribution is 2.43. The van der Waals surface area contributed by atoms with E-state index in [1.54, 1.807) is 0 Å². The van der Waals surface area contributed by atoms with Gasteiger partial charge in [0.2, 0.25) is 0 Å². The lowest BCUT2D eigenvalue weighted by Crippen LogP contribution is -2.37. The predicted octanol–water partition coefficient (Wildman–Crippen LogP) is 10.5. The monoisotopic (exact) mass is 719 g/mol. The van der Waals surface area contributed by atoms with Gasteiger partial charge in [-0.05, 0) is 18.8 Å². The lowest BCUT2D eigenvalue weighted by molar-refractivity contribution is -0.870. The van der Waals surface area contributed by atoms with E-state index in [1.165, 1.54) is 122 Å². The molecular weight excluding hydrogens is 641 g/mol. The molecular formula is C39H77NO8P+. The molecule has 2 atom stereocenters. The van der Waals surface area contributed by atoms with Crippen molar-refractivity contribution in [2.24, 2.45) is 5.92 Å². The standard InChI is InChI=1S/C39H76NO8P/c1-5-6-7-8-9-10-11-12-13-14-19-22-25-31-39(42)48-37(35-47-49(43,44)46-33-32-40(2,3)4)34-45-38(41)30-24-21-18-16-15-17-20-23-27-36-28-26-29-36/h36-37H,5-35H2,1-4H3/p+1/t37-/m1/s1. The molecule has 0 spiro atoms. The fourth-order valence-corrected chi connectivity index (χ4v) is 6.84. The predicted molar refractivity (Wildman–Crippen MR) is 199 cm³/mol. The summed E-state index contributed by atoms with van der Waals surface area (Å²) in [4.78, 5) is 35.2. The van der Waals surface area contributed by atoms with Crippen LogP contribution in [-0.4, -0.2) is 74.9 Å². The molecule has 0 aromatic carbocycles. The van der Waals surface area contributed by atoms with Gasteiger partial charge < -0.3 is 18.9 Å². The molecule has 1 aliphatic carbocycles. The van der Waals surface area contributed by atoms with E-state index in [2.05, 4.69) is 6.92 Å². The average molecular weight is 719 g/mol. The first-order valence-corrected chi connectivity index (χ1v) is 21.8. The van der Waals surface area contributed by atoms with Gasteiger partial charge >= 0.3 is 19.8 Å². The first kappa shape index (κ1) is 46.0. The number of esters is 2. The van der Waals surface area contributed by atoms with Gasteiger partial charge in [-0.3, -0.25) is 18.6 Å². The van der Waals surface area contributed by atoms with Crippen molar-refractivity contribution in [3.05, 3.63) is 0 Å². The molecule has 0 bridgehead atoms. The second-order valence-corrected chi connectivity index (χ2v) is 17.0. The van der Waals surface area contributed by atoms with Gasteiger partial charge in [-0.15, -0.1) is 0 Å². The summed E-state index contributed by atoms with van der Waals surface area (Å²) in [6, 6.07) is 0. The number of nitrogens with zero attached hydrogens (tertiary/aromatic N) is 1. The van der Waals surface area contributed by atoms with Gasteiger partial charge in [0.25, 0.3) is 0 Å². The van der Waals surface area contributed by atoms with Crippen LogP contribution in [0.4, 0.5) is 0 Å². The van der Waals surface area contributed by atoms with Crippen molar-refractivity contribution in [1.82, 2.24) is 0 Å². The molecule has 49 heavy (non-hydrogen) atoms. The summed E-state index contributed by atoms with van der Waals surface area (Å²) < 4.78 is 34.2. The van der Waals surface area contributed by atoms with Gasteiger partial charge in [0, 0.05) is 12.8 Å². The molecule has 290 valence electrons. The van der Waals surface area contributed by atoms with Crippen LogP contribution < -0.4 is 0 Å². The number of hydrogen-bond donors (Lipinski definition) is 1. The zero-order valence-electron chi connectivity index (χ0n) is 32.3. The molecule has 1 unspecified atom stereocenters. The van der Waals surface area contributed by atoms with Crippen LogP contribution >= 0.6 is 7.82 Å². The number of phosphoric acid groups is 1. The summed E-state index contributed by atoms with van der Waals surface area (Å²) in [5.41, 5.74) is 0. The number of unbranched alkanes of at least 4 members (excludes halogenated alkanes) is 19. The third kappa shape index (κ3) is 30.4. The molecule has 1 rings (SSSR count). The van der Waals surface area contributed by atoms with Crippen molar-refractivity contribution in [3.8, 4) is 0 Å². The van der Waals surface area contributed by atoms with Gasteiger partial charge in [0.05, 0.1) is 27.7 Å². The van der Waals surface area contributed by atoms with Crippen LogP contribution in [0.2, 0.25) is 0 Å². The van der Waals surface area contributed by atoms with E-state index in [-0.39, 0.29) is 25.6 Å². The number of ether oxygens (including phenoxy) is 2. The number of rotatable bonds is 35. The Hall–Kier alpha value is -0.990. The molecule has 0 aromatic rings. The maximum Gasteiger partial charge on any atom is 0.472 e. The zero-order chi connectivity index (χ0) is 36.1. The van der Waals surface area contributed by atoms with Crippen molar-refractivity contribution >= 4 is 19.8 Å². The minimum absolute atomic E-state index is 0.0379. The Balaban J connectivity index is 2.28. The number of hydrogen-bond acceptors (Lipinski definition) is 7. The topological polar surface area (TPSA) is 108 Å². The first-order valence-electron chi connectivity index (χ1n) is 20.3. The molecule has 1 N–H and O–H groups in total. The van der Waals surface area contributed by atoms with Crippen molar-refractivity contribution in [2.75, 3.05) is 47.5 Å². The minimum Gasteiger partial charge on any atom is -0.462 e. The van der Waals surface area contributed by atoms with Gasteiger partial charge in [-0.1, -0.05) is 155 Å². The van der Waals surface area contributed by atoms with E-state index in [4.69, 9.17) is 18.5 Å². The SMILES string of the molecule is CCCCCCCCCCCCCCCC(=O)O[C@H](COC(=O)CCCCCCCCCCC1CCC1)COP(=O)(O)OCC[N+](C)(C)C. The van der Waals surface area contributed by atoms with Crippen molar-refractivity contribution in [2.45, 2.75) is 186 Å². The molecule has 9 nitrogen and oxygen atoms in total. The van der Waals surface area contributed by atoms with Gasteiger partial charge in [0.15, 0.2) is 6.10 Å². The lowest BCUT2D eigenvalue weighted by atomic mass is 9.81. The summed E-state index contributed by atoms with van der Waals surface area (Å²) >= 11 is 0. The largest absolute Gasteiger partial charge is 0.472 e. The molecule has 10 heteroatoms. The molecule has 0 radical (unpaired) electrons. The van der Waals surface area contributed by atoms with Crippen molar-refractivity contribution in [3.63, 3.8) is 0 Å². The number of likely N-dealkylation sites (N-methyl/N-ethyl adjacent to an activating group) is 1. The first-order chi connectivity index (χ1) is 23.5. The lowest BCUT2D eigenvalue weighted by Gasteiger charge is -2.24. The van der Waals surface area contributed by atoms with E-state index in [0.29, 0.717) is 17.4 Å². The molecule has 0 amide bonds. The number of phosphoric ester groups is 1. The van der Waals surface area contributed by atoms with Crippen LogP contribution in [0.5, 0.6) is 0 Å². The molecule has 0 aliphatic heterocycles. The molecule has 0 aromatic heterocycles. The summed E-state index contributed by atoms with van der Waals surface area (Å²) in [6.07, 6.45) is 30.5. The number of carbonyl (C=O) groups is 2. The van der Waals surface area contributed by atoms with Gasteiger partial charge in [-0.25, -0.2) is 4.57 Å². The van der Waals surface area contributed by atoms with Crippen LogP contribution in [0.1, 0.15) is 180 Å². The number of carbonyl (C=O) groups excluding carboxylic acids is 2. The Morgan fingerprint density at radius 2 is 1.14 bits per heavy atom. The Bertz CT molecular complexity index is 860. The zero-order valence-corrected chi connectivity index (χ0v) is 33.2. The Morgan fingerprint density at radius 3 is 1.61 bits per heavy atom. The Kier molecular flexibility index (Phi) is 27.8. The van der Waals surface area contributed by atoms with Crippen LogP contribution in [0.15, 0.2) is 0 Å². The molecule has 1 aliphatic rings. The molecule has 1 saturated carbocycles. The molecule has 0 heterocycles. The second kappa shape index (κ2) is 29.6. The van der Waals surface area contributed by atoms with Crippen molar-refractivity contribution < 1.29 is 42.1 Å². The molecule has 1 fully saturated rings. The fraction of sp³-hybridized carbons (Fsp3) is 0.949. The van der Waals surface area contributed by atoms with Crippen molar-refractivity contribution in [1.29, 1.82) is 0 Å². The minimum atomic E-state index is -4.36.